The number of primary amides is 2. The molecule has 44 nitrogen and oxygen atoms in total. The standard InChI is InChI=1S/C94H137N23O21S/c1-11-13-25-72-86(131)106-64(37-51(3)4)84(129)111-70(81(126)102-45-77(97)121)49-139-50-78(122)103-67(39-54-29-31-57(118)32-30-54)89(134)112(8)53(7)80(125)108-69(43-76(96)120)91(136)116-36-20-28-73(116)87(132)105-62(24-19-35-100-94(98)99)82(127)109-66(38-52(5)6)92(137)117-47-58(119)42-75(117)88(133)107-65(40-55-44-101-61-23-17-15-21-59(55)61)85(130)104-63(33-34-95)83(128)110-68(90(135)114(10)74(26-14-12-2)93(138)113(72)9)41-56-46-115(48-79(123)124)71-27-18-16-22-60(56)71/h15-18,21-23,27,29-32,44,46,51-53,58,62-70,72-75,101,118-119H,11-14,19-20,24-26,28,33-43,45,47-50,95H2,1-10H3,(H2,96,120)(H2,97,121)(H,102,126)(H,103,122)(H,104,130)(H,105,132)(H,106,131)(H,107,133)(H,108,125)(H,109,127)(H,110,128)(H,111,129)(H,123,124)(H4,98,99,100)/t53-,58+,62-,63-,64-,65-,66-,67-,68-,69+,70-,72-,73-,74-,75-/m0/s1. The molecule has 5 heterocycles. The summed E-state index contributed by atoms with van der Waals surface area (Å²) >= 11 is 0.782. The third-order valence-corrected chi connectivity index (χ3v) is 25.9. The molecule has 3 aliphatic heterocycles. The van der Waals surface area contributed by atoms with Gasteiger partial charge in [0.15, 0.2) is 5.96 Å². The third-order valence-electron chi connectivity index (χ3n) is 24.8. The predicted molar refractivity (Wildman–Crippen MR) is 515 cm³/mol. The van der Waals surface area contributed by atoms with Crippen molar-refractivity contribution in [3.05, 3.63) is 102 Å². The molecule has 0 spiro atoms. The van der Waals surface area contributed by atoms with E-state index in [1.165, 1.54) is 63.1 Å². The number of aromatic amines is 1. The van der Waals surface area contributed by atoms with E-state index in [0.29, 0.717) is 64.2 Å². The first-order chi connectivity index (χ1) is 65.9. The number of carboxylic acid groups (broad SMARTS) is 1. The van der Waals surface area contributed by atoms with E-state index in [1.807, 2.05) is 13.8 Å². The second-order valence-corrected chi connectivity index (χ2v) is 37.6. The van der Waals surface area contributed by atoms with E-state index in [9.17, 15) is 63.3 Å². The van der Waals surface area contributed by atoms with Crippen LogP contribution in [-0.4, -0.2) is 318 Å². The lowest BCUT2D eigenvalue weighted by Crippen LogP contribution is -2.61. The number of unbranched alkanes of at least 4 members (excludes halogenated alkanes) is 2. The lowest BCUT2D eigenvalue weighted by Gasteiger charge is -2.36. The number of guanidine groups is 1. The number of carbonyl (C=O) groups excluding carboxylic acids is 17. The lowest BCUT2D eigenvalue weighted by molar-refractivity contribution is -0.149. The Labute approximate surface area is 810 Å². The fourth-order valence-corrected chi connectivity index (χ4v) is 18.2. The largest absolute Gasteiger partial charge is 0.508 e. The van der Waals surface area contributed by atoms with E-state index >= 15 is 38.4 Å². The Kier molecular flexibility index (Phi) is 42.2. The van der Waals surface area contributed by atoms with Crippen LogP contribution in [0.5, 0.6) is 5.75 Å². The van der Waals surface area contributed by atoms with Gasteiger partial charge < -0.3 is 131 Å². The zero-order valence-corrected chi connectivity index (χ0v) is 81.2. The summed E-state index contributed by atoms with van der Waals surface area (Å²) in [5.41, 5.74) is 25.4. The quantitative estimate of drug-likeness (QED) is 0.0141. The number of aliphatic hydroxyl groups is 1. The van der Waals surface area contributed by atoms with Gasteiger partial charge in [-0.05, 0) is 124 Å². The molecule has 3 aliphatic rings. The summed E-state index contributed by atoms with van der Waals surface area (Å²) in [6.45, 7) is 9.80. The van der Waals surface area contributed by atoms with Crippen LogP contribution in [0.15, 0.2) is 85.2 Å². The Morgan fingerprint density at radius 3 is 1.73 bits per heavy atom. The summed E-state index contributed by atoms with van der Waals surface area (Å²) in [7, 11) is 3.91. The number of thioether (sulfide) groups is 1. The van der Waals surface area contributed by atoms with E-state index in [2.05, 4.69) is 63.5 Å². The Bertz CT molecular complexity index is 5220. The molecule has 45 heteroatoms. The van der Waals surface area contributed by atoms with Crippen LogP contribution < -0.4 is 81.4 Å². The maximum atomic E-state index is 16.0. The summed E-state index contributed by atoms with van der Waals surface area (Å²) in [6.07, 6.45) is 0.645. The van der Waals surface area contributed by atoms with Crippen LogP contribution in [-0.2, 0) is 112 Å². The minimum absolute atomic E-state index is 0.00222. The van der Waals surface area contributed by atoms with Crippen LogP contribution in [0.2, 0.25) is 0 Å². The summed E-state index contributed by atoms with van der Waals surface area (Å²) in [4.78, 5) is 273. The SMILES string of the molecule is CCCC[C@H]1C(=O)N(C)[C@@H](CCCC)C(=O)N[C@@H](CC(C)C)C(=O)N[C@H](C(=O)NCC(N)=O)CSCC(=O)N[C@@H](Cc2ccc(O)cc2)C(=O)N(C)[C@@H](C)C(=O)N[C@H](CC(N)=O)C(=O)N2CCC[C@H]2C(=O)N[C@@H](CCCNC(=N)N)C(=O)N[C@@H](CC(C)C)C(=O)N2C[C@H](O)C[C@H]2C(=O)N[C@@H](Cc2c[nH]c3ccccc23)C(=O)N[C@@H](CCN)C(=O)N[C@@H](Cc2cn(CC(=O)O)c3ccccc23)C(=O)N1C. The molecule has 2 aromatic heterocycles. The molecule has 0 bridgehead atoms. The van der Waals surface area contributed by atoms with Crippen molar-refractivity contribution in [1.82, 2.24) is 92.5 Å². The fraction of sp³-hybridized carbons (Fsp3) is 0.564. The molecule has 0 radical (unpaired) electrons. The lowest BCUT2D eigenvalue weighted by atomic mass is 9.99. The summed E-state index contributed by atoms with van der Waals surface area (Å²) in [5, 5.41) is 70.3. The number of rotatable bonds is 29. The topological polar surface area (TPSA) is 665 Å². The van der Waals surface area contributed by atoms with Crippen LogP contribution in [0.25, 0.3) is 21.8 Å². The molecule has 0 saturated carbocycles. The number of carbonyl (C=O) groups is 18. The number of fused-ring (bicyclic) bond motifs is 4. The van der Waals surface area contributed by atoms with Crippen LogP contribution in [0.4, 0.5) is 0 Å². The number of nitrogens with one attached hydrogen (secondary N) is 13. The van der Waals surface area contributed by atoms with Crippen LogP contribution >= 0.6 is 11.8 Å². The second-order valence-electron chi connectivity index (χ2n) is 36.6. The Hall–Kier alpha value is -13.5. The van der Waals surface area contributed by atoms with Crippen molar-refractivity contribution >= 4 is 146 Å². The van der Waals surface area contributed by atoms with Gasteiger partial charge in [-0.3, -0.25) is 91.7 Å². The molecule has 760 valence electrons. The van der Waals surface area contributed by atoms with Gasteiger partial charge in [-0.2, -0.15) is 0 Å². The number of aromatic hydroxyl groups is 1. The summed E-state index contributed by atoms with van der Waals surface area (Å²) < 4.78 is 1.44. The number of H-pyrrole nitrogens is 1. The van der Waals surface area contributed by atoms with Crippen molar-refractivity contribution in [2.24, 2.45) is 34.8 Å². The van der Waals surface area contributed by atoms with E-state index in [4.69, 9.17) is 28.3 Å². The minimum atomic E-state index is -1.79. The highest BCUT2D eigenvalue weighted by atomic mass is 32.2. The number of para-hydroxylation sites is 2. The highest BCUT2D eigenvalue weighted by molar-refractivity contribution is 8.00. The highest BCUT2D eigenvalue weighted by Gasteiger charge is 2.47. The number of phenols is 1. The average Bonchev–Trinajstić information content (AvgIpc) is 1.62. The van der Waals surface area contributed by atoms with Crippen LogP contribution in [0.3, 0.4) is 0 Å². The number of aliphatic carboxylic acids is 1. The van der Waals surface area contributed by atoms with Gasteiger partial charge in [0.25, 0.3) is 0 Å². The minimum Gasteiger partial charge on any atom is -0.508 e. The number of aliphatic hydroxyl groups excluding tert-OH is 1. The van der Waals surface area contributed by atoms with Gasteiger partial charge in [0.05, 0.1) is 24.8 Å². The van der Waals surface area contributed by atoms with Gasteiger partial charge in [-0.1, -0.05) is 116 Å². The first-order valence-corrected chi connectivity index (χ1v) is 48.2. The van der Waals surface area contributed by atoms with Gasteiger partial charge in [0, 0.05) is 106 Å². The number of phenolic OH excluding ortho intramolecular Hbond substituents is 1. The number of aromatic nitrogens is 2. The maximum absolute atomic E-state index is 16.0. The van der Waals surface area contributed by atoms with Gasteiger partial charge in [-0.25, -0.2) is 0 Å². The number of benzene rings is 3. The van der Waals surface area contributed by atoms with Crippen LogP contribution in [0.1, 0.15) is 161 Å². The highest BCUT2D eigenvalue weighted by Crippen LogP contribution is 2.29. The number of hydrogen-bond acceptors (Lipinski definition) is 23. The Morgan fingerprint density at radius 2 is 1.09 bits per heavy atom. The number of hydrogen-bond donors (Lipinski definition) is 20. The third kappa shape index (κ3) is 31.8. The summed E-state index contributed by atoms with van der Waals surface area (Å²) in [5.74, 6) is -19.3. The van der Waals surface area contributed by atoms with Crippen molar-refractivity contribution in [2.75, 3.05) is 65.4 Å². The molecule has 15 atom stereocenters. The number of amides is 17. The molecular formula is C94H137N23O21S. The fourth-order valence-electron chi connectivity index (χ4n) is 17.4. The predicted octanol–water partition coefficient (Wildman–Crippen LogP) is -1.93. The molecule has 0 aliphatic carbocycles. The molecule has 8 rings (SSSR count). The van der Waals surface area contributed by atoms with E-state index in [0.717, 1.165) is 36.3 Å². The first kappa shape index (κ1) is 111. The molecule has 0 unspecified atom stereocenters. The summed E-state index contributed by atoms with van der Waals surface area (Å²) in [6, 6.07) is -2.25. The first-order valence-electron chi connectivity index (χ1n) is 47.1. The van der Waals surface area contributed by atoms with Crippen LogP contribution in [0, 0.1) is 17.2 Å². The smallest absolute Gasteiger partial charge is 0.323 e. The van der Waals surface area contributed by atoms with Gasteiger partial charge in [-0.15, -0.1) is 11.8 Å². The van der Waals surface area contributed by atoms with Crippen molar-refractivity contribution in [3.63, 3.8) is 0 Å². The van der Waals surface area contributed by atoms with Crippen molar-refractivity contribution in [3.8, 4) is 5.75 Å². The monoisotopic (exact) mass is 1960 g/mol. The molecule has 5 aromatic rings. The zero-order chi connectivity index (χ0) is 102. The number of nitrogens with two attached hydrogens (primary N) is 4. The average molecular weight is 1960 g/mol. The Morgan fingerprint density at radius 1 is 0.547 bits per heavy atom. The second kappa shape index (κ2) is 52.9. The van der Waals surface area contributed by atoms with Gasteiger partial charge in [0.1, 0.15) is 96.9 Å². The Balaban J connectivity index is 1.23. The zero-order valence-electron chi connectivity index (χ0n) is 80.4. The molecule has 3 fully saturated rings. The molecule has 3 aromatic carbocycles. The van der Waals surface area contributed by atoms with E-state index in [1.54, 1.807) is 82.4 Å². The van der Waals surface area contributed by atoms with Crippen molar-refractivity contribution in [1.29, 1.82) is 5.41 Å². The van der Waals surface area contributed by atoms with Gasteiger partial charge in [0.2, 0.25) is 100 Å². The molecule has 17 amide bonds. The maximum Gasteiger partial charge on any atom is 0.323 e. The van der Waals surface area contributed by atoms with Gasteiger partial charge >= 0.3 is 5.97 Å². The normalized spacial score (nSPS) is 24.4. The van der Waals surface area contributed by atoms with E-state index < -0.39 is 247 Å². The van der Waals surface area contributed by atoms with Crippen molar-refractivity contribution in [2.45, 2.75) is 261 Å². The molecular weight excluding hydrogens is 1820 g/mol. The van der Waals surface area contributed by atoms with Crippen molar-refractivity contribution < 1.29 is 102 Å². The number of likely N-dealkylation sites (N-methyl/N-ethyl adjacent to an activating group) is 3. The number of nitrogens with zero attached hydrogens (tertiary/aromatic N) is 6. The molecule has 139 heavy (non-hydrogen) atoms. The molecule has 24 N–H and O–H groups in total. The van der Waals surface area contributed by atoms with E-state index in [-0.39, 0.29) is 114 Å². The molecule has 3 saturated heterocycles. The number of carboxylic acids is 1.